The number of ether oxygens (including phenoxy) is 2. The Bertz CT molecular complexity index is 1120. The van der Waals surface area contributed by atoms with Gasteiger partial charge in [-0.2, -0.15) is 0 Å². The molecule has 1 fully saturated rings. The Kier molecular flexibility index (Phi) is 31.7. The average Bonchev–Trinajstić information content (AvgIpc) is 3.42. The van der Waals surface area contributed by atoms with Crippen molar-refractivity contribution in [1.82, 2.24) is 0 Å². The number of phosphoric acid groups is 1. The zero-order valence-corrected chi connectivity index (χ0v) is 35.9. The minimum absolute atomic E-state index is 0.0311. The number of carbonyl (C=O) groups excluding carboxylic acids is 3. The van der Waals surface area contributed by atoms with E-state index in [1.165, 1.54) is 89.9 Å². The smallest absolute Gasteiger partial charge is 0.462 e. The van der Waals surface area contributed by atoms with Crippen molar-refractivity contribution in [3.8, 4) is 0 Å². The van der Waals surface area contributed by atoms with Crippen molar-refractivity contribution in [2.24, 2.45) is 11.8 Å². The fourth-order valence-corrected chi connectivity index (χ4v) is 7.54. The lowest BCUT2D eigenvalue weighted by Gasteiger charge is -2.18. The van der Waals surface area contributed by atoms with Crippen molar-refractivity contribution in [2.45, 2.75) is 212 Å². The van der Waals surface area contributed by atoms with Gasteiger partial charge in [-0.25, -0.2) is 4.57 Å². The second-order valence-electron chi connectivity index (χ2n) is 15.8. The molecule has 5 atom stereocenters. The largest absolute Gasteiger partial charge is 0.469 e. The van der Waals surface area contributed by atoms with Crippen molar-refractivity contribution < 1.29 is 52.9 Å². The fraction of sp³-hybridized carbons (Fsp3) is 0.841. The van der Waals surface area contributed by atoms with Crippen LogP contribution in [-0.4, -0.2) is 69.2 Å². The molecule has 0 aromatic heterocycles. The van der Waals surface area contributed by atoms with Crippen molar-refractivity contribution in [3.63, 3.8) is 0 Å². The van der Waals surface area contributed by atoms with Gasteiger partial charge in [0.1, 0.15) is 12.4 Å². The summed E-state index contributed by atoms with van der Waals surface area (Å²) in [6.07, 6.45) is 32.6. The standard InChI is InChI=1S/C44H79O11P/c1-3-5-7-8-9-10-11-12-13-14-15-16-17-18-19-20-21-27-31-44(49)55-38(36-54-56(50,51)52)35-53-43(48)30-26-23-22-25-29-39-40(42(47)34-41(39)46)33-32-37(45)28-24-6-4-2/h22,25,32-33,37-41,45-46H,3-21,23-24,26-31,34-36H2,1-2H3,(H2,50,51,52)/b25-22-,33-32+/t37-,38+,39+,40+,41-/m0/s1. The Balaban J connectivity index is 2.24. The summed E-state index contributed by atoms with van der Waals surface area (Å²) in [5, 5.41) is 20.6. The molecule has 0 aromatic carbocycles. The Morgan fingerprint density at radius 2 is 1.25 bits per heavy atom. The highest BCUT2D eigenvalue weighted by Gasteiger charge is 2.39. The summed E-state index contributed by atoms with van der Waals surface area (Å²) >= 11 is 0. The van der Waals surface area contributed by atoms with Gasteiger partial charge in [-0.15, -0.1) is 0 Å². The first-order valence-electron chi connectivity index (χ1n) is 22.2. The van der Waals surface area contributed by atoms with Crippen LogP contribution >= 0.6 is 7.82 Å². The molecule has 326 valence electrons. The lowest BCUT2D eigenvalue weighted by molar-refractivity contribution is -0.161. The Morgan fingerprint density at radius 3 is 1.80 bits per heavy atom. The van der Waals surface area contributed by atoms with Gasteiger partial charge in [-0.3, -0.25) is 18.9 Å². The van der Waals surface area contributed by atoms with Crippen LogP contribution in [0.5, 0.6) is 0 Å². The molecule has 0 bridgehead atoms. The molecule has 56 heavy (non-hydrogen) atoms. The van der Waals surface area contributed by atoms with Gasteiger partial charge in [-0.05, 0) is 32.1 Å². The number of esters is 2. The quantitative estimate of drug-likeness (QED) is 0.0203. The van der Waals surface area contributed by atoms with E-state index in [4.69, 9.17) is 19.3 Å². The van der Waals surface area contributed by atoms with Crippen molar-refractivity contribution in [2.75, 3.05) is 13.2 Å². The van der Waals surface area contributed by atoms with E-state index in [-0.39, 0.29) is 37.6 Å². The Morgan fingerprint density at radius 1 is 0.732 bits per heavy atom. The van der Waals surface area contributed by atoms with Crippen LogP contribution in [0, 0.1) is 11.8 Å². The highest BCUT2D eigenvalue weighted by Crippen LogP contribution is 2.36. The summed E-state index contributed by atoms with van der Waals surface area (Å²) < 4.78 is 26.4. The highest BCUT2D eigenvalue weighted by molar-refractivity contribution is 7.46. The van der Waals surface area contributed by atoms with Gasteiger partial charge in [-0.1, -0.05) is 167 Å². The number of allylic oxidation sites excluding steroid dienone is 3. The number of aliphatic hydroxyl groups is 2. The second kappa shape index (κ2) is 34.0. The van der Waals surface area contributed by atoms with E-state index >= 15 is 0 Å². The number of aliphatic hydroxyl groups excluding tert-OH is 2. The third kappa shape index (κ3) is 29.4. The molecule has 11 nitrogen and oxygen atoms in total. The van der Waals surface area contributed by atoms with E-state index in [9.17, 15) is 29.2 Å². The number of hydrogen-bond acceptors (Lipinski definition) is 9. The number of phosphoric ester groups is 1. The lowest BCUT2D eigenvalue weighted by Crippen LogP contribution is -2.29. The summed E-state index contributed by atoms with van der Waals surface area (Å²) in [6, 6.07) is 0. The SMILES string of the molecule is CCCCCCCCCCCCCCCCCCCCC(=O)O[C@H](COC(=O)CCC/C=C\C[C@H]1[C@@H](O)CC(=O)[C@@H]1/C=C/[C@@H](O)CCCCC)COP(=O)(O)O. The van der Waals surface area contributed by atoms with Gasteiger partial charge in [0.2, 0.25) is 0 Å². The van der Waals surface area contributed by atoms with Crippen LogP contribution in [0.15, 0.2) is 24.3 Å². The molecule has 1 aliphatic rings. The molecule has 1 rings (SSSR count). The maximum atomic E-state index is 12.5. The van der Waals surface area contributed by atoms with Crippen molar-refractivity contribution in [1.29, 1.82) is 0 Å². The molecule has 0 heterocycles. The molecule has 0 aliphatic heterocycles. The van der Waals surface area contributed by atoms with Gasteiger partial charge in [0.15, 0.2) is 6.10 Å². The van der Waals surface area contributed by atoms with E-state index in [1.807, 2.05) is 12.2 Å². The van der Waals surface area contributed by atoms with Crippen LogP contribution in [-0.2, 0) is 32.9 Å². The van der Waals surface area contributed by atoms with Gasteiger partial charge in [0.25, 0.3) is 0 Å². The molecular formula is C44H79O11P. The van der Waals surface area contributed by atoms with E-state index < -0.39 is 50.6 Å². The average molecular weight is 815 g/mol. The third-order valence-electron chi connectivity index (χ3n) is 10.6. The first-order chi connectivity index (χ1) is 27.0. The summed E-state index contributed by atoms with van der Waals surface area (Å²) in [7, 11) is -4.82. The normalized spacial score (nSPS) is 18.6. The van der Waals surface area contributed by atoms with Crippen LogP contribution < -0.4 is 0 Å². The van der Waals surface area contributed by atoms with Gasteiger partial charge >= 0.3 is 19.8 Å². The molecule has 0 unspecified atom stereocenters. The molecule has 0 aromatic rings. The molecule has 0 amide bonds. The van der Waals surface area contributed by atoms with Crippen LogP contribution in [0.4, 0.5) is 0 Å². The Hall–Kier alpha value is -1.88. The maximum absolute atomic E-state index is 12.5. The monoisotopic (exact) mass is 815 g/mol. The molecule has 0 saturated heterocycles. The summed E-state index contributed by atoms with van der Waals surface area (Å²) in [6.45, 7) is 3.37. The minimum Gasteiger partial charge on any atom is -0.462 e. The summed E-state index contributed by atoms with van der Waals surface area (Å²) in [5.74, 6) is -1.81. The first-order valence-corrected chi connectivity index (χ1v) is 23.8. The number of hydrogen-bond donors (Lipinski definition) is 4. The molecule has 1 saturated carbocycles. The van der Waals surface area contributed by atoms with E-state index in [0.717, 1.165) is 38.5 Å². The minimum atomic E-state index is -4.82. The van der Waals surface area contributed by atoms with Crippen LogP contribution in [0.3, 0.4) is 0 Å². The summed E-state index contributed by atoms with van der Waals surface area (Å²) in [4.78, 5) is 55.6. The Labute approximate surface area is 339 Å². The van der Waals surface area contributed by atoms with Crippen molar-refractivity contribution >= 4 is 25.5 Å². The van der Waals surface area contributed by atoms with Crippen LogP contribution in [0.1, 0.15) is 194 Å². The van der Waals surface area contributed by atoms with E-state index in [1.54, 1.807) is 12.2 Å². The fourth-order valence-electron chi connectivity index (χ4n) is 7.18. The zero-order valence-electron chi connectivity index (χ0n) is 35.0. The van der Waals surface area contributed by atoms with Crippen LogP contribution in [0.2, 0.25) is 0 Å². The van der Waals surface area contributed by atoms with Gasteiger partial charge in [0.05, 0.1) is 18.8 Å². The van der Waals surface area contributed by atoms with E-state index in [0.29, 0.717) is 32.1 Å². The predicted molar refractivity (Wildman–Crippen MR) is 222 cm³/mol. The molecule has 12 heteroatoms. The molecule has 1 aliphatic carbocycles. The number of ketones is 1. The maximum Gasteiger partial charge on any atom is 0.469 e. The molecule has 4 N–H and O–H groups in total. The molecular weight excluding hydrogens is 735 g/mol. The van der Waals surface area contributed by atoms with Gasteiger partial charge < -0.3 is 29.5 Å². The number of rotatable bonds is 37. The number of carbonyl (C=O) groups is 3. The summed E-state index contributed by atoms with van der Waals surface area (Å²) in [5.41, 5.74) is 0. The lowest BCUT2D eigenvalue weighted by atomic mass is 9.90. The predicted octanol–water partition coefficient (Wildman–Crippen LogP) is 10.2. The number of unbranched alkanes of at least 4 members (excludes halogenated alkanes) is 20. The van der Waals surface area contributed by atoms with Crippen molar-refractivity contribution in [3.05, 3.63) is 24.3 Å². The topological polar surface area (TPSA) is 177 Å². The second-order valence-corrected chi connectivity index (χ2v) is 17.1. The third-order valence-corrected chi connectivity index (χ3v) is 11.1. The zero-order chi connectivity index (χ0) is 41.3. The highest BCUT2D eigenvalue weighted by atomic mass is 31.2. The first kappa shape index (κ1) is 52.1. The molecule has 0 spiro atoms. The molecule has 0 radical (unpaired) electrons. The van der Waals surface area contributed by atoms with E-state index in [2.05, 4.69) is 18.4 Å². The van der Waals surface area contributed by atoms with Crippen LogP contribution in [0.25, 0.3) is 0 Å². The van der Waals surface area contributed by atoms with Gasteiger partial charge in [0, 0.05) is 31.1 Å². The number of Topliss-reactive ketones (excluding diaryl/α,β-unsaturated/α-hetero) is 1.